The molecule has 1 heterocycles. The van der Waals surface area contributed by atoms with Crippen molar-refractivity contribution in [2.45, 2.75) is 38.5 Å². The van der Waals surface area contributed by atoms with E-state index in [2.05, 4.69) is 4.99 Å². The first-order valence-corrected chi connectivity index (χ1v) is 10.4. The molecule has 5 heteroatoms. The number of aliphatic imine (C=N–C) groups is 1. The van der Waals surface area contributed by atoms with E-state index in [1.165, 1.54) is 0 Å². The van der Waals surface area contributed by atoms with Crippen LogP contribution in [0.5, 0.6) is 5.75 Å². The summed E-state index contributed by atoms with van der Waals surface area (Å²) in [5.74, 6) is -1.41. The van der Waals surface area contributed by atoms with Crippen molar-refractivity contribution in [2.24, 2.45) is 10.9 Å². The predicted octanol–water partition coefficient (Wildman–Crippen LogP) is 4.36. The first-order valence-electron chi connectivity index (χ1n) is 10.4. The first kappa shape index (κ1) is 20.1. The Morgan fingerprint density at radius 2 is 1.93 bits per heavy atom. The van der Waals surface area contributed by atoms with Crippen molar-refractivity contribution in [3.8, 4) is 5.75 Å². The van der Waals surface area contributed by atoms with Crippen LogP contribution in [0.1, 0.15) is 43.2 Å². The van der Waals surface area contributed by atoms with Crippen LogP contribution in [-0.2, 0) is 20.7 Å². The number of ketones is 1. The normalized spacial score (nSPS) is 21.1. The summed E-state index contributed by atoms with van der Waals surface area (Å²) >= 11 is 0. The minimum Gasteiger partial charge on any atom is -0.508 e. The maximum absolute atomic E-state index is 13.1. The van der Waals surface area contributed by atoms with E-state index in [4.69, 9.17) is 4.74 Å². The molecule has 1 aliphatic carbocycles. The Morgan fingerprint density at radius 3 is 2.70 bits per heavy atom. The molecular formula is C25H25NO4. The number of aromatic hydroxyl groups is 1. The van der Waals surface area contributed by atoms with Gasteiger partial charge in [0.05, 0.1) is 6.61 Å². The van der Waals surface area contributed by atoms with Crippen LogP contribution in [0.4, 0.5) is 0 Å². The Labute approximate surface area is 176 Å². The molecule has 0 radical (unpaired) electrons. The van der Waals surface area contributed by atoms with Gasteiger partial charge in [-0.25, -0.2) is 0 Å². The molecule has 2 atom stereocenters. The molecule has 2 aromatic rings. The van der Waals surface area contributed by atoms with Gasteiger partial charge in [-0.2, -0.15) is 0 Å². The van der Waals surface area contributed by atoms with E-state index in [-0.39, 0.29) is 24.1 Å². The van der Waals surface area contributed by atoms with Crippen LogP contribution in [0.2, 0.25) is 0 Å². The highest BCUT2D eigenvalue weighted by molar-refractivity contribution is 6.08. The fourth-order valence-corrected chi connectivity index (χ4v) is 4.39. The number of carbonyl (C=O) groups is 2. The molecule has 30 heavy (non-hydrogen) atoms. The average Bonchev–Trinajstić information content (AvgIpc) is 2.73. The Bertz CT molecular complexity index is 1020. The zero-order valence-corrected chi connectivity index (χ0v) is 17.0. The number of carbonyl (C=O) groups excluding carboxylic acids is 2. The highest BCUT2D eigenvalue weighted by Crippen LogP contribution is 2.44. The molecule has 0 fully saturated rings. The highest BCUT2D eigenvalue weighted by atomic mass is 16.5. The number of ether oxygens (including phenoxy) is 1. The molecule has 1 unspecified atom stereocenters. The number of phenols is 1. The number of hydrogen-bond donors (Lipinski definition) is 1. The summed E-state index contributed by atoms with van der Waals surface area (Å²) < 4.78 is 5.64. The lowest BCUT2D eigenvalue weighted by atomic mass is 9.72. The fraction of sp³-hybridized carbons (Fsp3) is 0.320. The minimum atomic E-state index is -0.677. The second-order valence-corrected chi connectivity index (χ2v) is 7.84. The summed E-state index contributed by atoms with van der Waals surface area (Å²) in [5.41, 5.74) is 3.85. The van der Waals surface area contributed by atoms with Crippen LogP contribution in [0.3, 0.4) is 0 Å². The Balaban J connectivity index is 1.63. The van der Waals surface area contributed by atoms with Crippen molar-refractivity contribution in [1.82, 2.24) is 0 Å². The summed E-state index contributed by atoms with van der Waals surface area (Å²) in [5, 5.41) is 10.0. The molecular weight excluding hydrogens is 378 g/mol. The van der Waals surface area contributed by atoms with Crippen LogP contribution in [0, 0.1) is 5.92 Å². The number of benzene rings is 2. The molecule has 1 N–H and O–H groups in total. The van der Waals surface area contributed by atoms with Crippen molar-refractivity contribution in [3.05, 3.63) is 77.0 Å². The van der Waals surface area contributed by atoms with Gasteiger partial charge in [-0.3, -0.25) is 14.6 Å². The molecule has 2 aliphatic rings. The zero-order chi connectivity index (χ0) is 21.1. The monoisotopic (exact) mass is 403 g/mol. The van der Waals surface area contributed by atoms with E-state index in [9.17, 15) is 14.7 Å². The average molecular weight is 403 g/mol. The van der Waals surface area contributed by atoms with Gasteiger partial charge in [0.25, 0.3) is 0 Å². The van der Waals surface area contributed by atoms with Crippen LogP contribution < -0.4 is 0 Å². The van der Waals surface area contributed by atoms with Crippen LogP contribution in [-0.4, -0.2) is 29.2 Å². The third-order valence-electron chi connectivity index (χ3n) is 5.80. The molecule has 1 aliphatic heterocycles. The van der Waals surface area contributed by atoms with E-state index < -0.39 is 11.8 Å². The number of allylic oxidation sites excluding steroid dienone is 2. The van der Waals surface area contributed by atoms with Crippen molar-refractivity contribution in [3.63, 3.8) is 0 Å². The van der Waals surface area contributed by atoms with Crippen molar-refractivity contribution < 1.29 is 19.4 Å². The van der Waals surface area contributed by atoms with E-state index in [0.717, 1.165) is 29.7 Å². The zero-order valence-electron chi connectivity index (χ0n) is 17.0. The standard InChI is InChI=1S/C25H25NO4/c1-16-22(25(29)30-14-13-17-7-3-2-4-8-17)23(18-9-5-10-19(27)15-18)24-20(26-16)11-6-12-21(24)28/h2-5,7-10,15,22-23,27H,6,11-14H2,1H3/t22?,23-/m1/s1. The second-order valence-electron chi connectivity index (χ2n) is 7.84. The van der Waals surface area contributed by atoms with Gasteiger partial charge in [-0.1, -0.05) is 42.5 Å². The topological polar surface area (TPSA) is 76.0 Å². The minimum absolute atomic E-state index is 0.0305. The lowest BCUT2D eigenvalue weighted by Crippen LogP contribution is -2.37. The predicted molar refractivity (Wildman–Crippen MR) is 114 cm³/mol. The molecule has 2 aromatic carbocycles. The second kappa shape index (κ2) is 8.66. The van der Waals surface area contributed by atoms with Gasteiger partial charge in [0.1, 0.15) is 11.7 Å². The van der Waals surface area contributed by atoms with E-state index in [1.807, 2.05) is 43.3 Å². The maximum Gasteiger partial charge on any atom is 0.315 e. The summed E-state index contributed by atoms with van der Waals surface area (Å²) in [7, 11) is 0. The number of rotatable bonds is 5. The molecule has 0 saturated carbocycles. The number of nitrogens with zero attached hydrogens (tertiary/aromatic N) is 1. The van der Waals surface area contributed by atoms with Crippen LogP contribution in [0.15, 0.2) is 70.9 Å². The number of hydrogen-bond acceptors (Lipinski definition) is 5. The molecule has 154 valence electrons. The Kier molecular flexibility index (Phi) is 5.79. The van der Waals surface area contributed by atoms with Gasteiger partial charge in [0.2, 0.25) is 0 Å². The maximum atomic E-state index is 13.1. The summed E-state index contributed by atoms with van der Waals surface area (Å²) in [6.07, 6.45) is 2.58. The lowest BCUT2D eigenvalue weighted by molar-refractivity contribution is -0.146. The highest BCUT2D eigenvalue weighted by Gasteiger charge is 2.43. The van der Waals surface area contributed by atoms with E-state index in [1.54, 1.807) is 18.2 Å². The Morgan fingerprint density at radius 1 is 1.13 bits per heavy atom. The fourth-order valence-electron chi connectivity index (χ4n) is 4.39. The van der Waals surface area contributed by atoms with Gasteiger partial charge in [-0.05, 0) is 43.0 Å². The third kappa shape index (κ3) is 4.06. The SMILES string of the molecule is CC1=NC2=C(C(=O)CCC2)[C@H](c2cccc(O)c2)C1C(=O)OCCc1ccccc1. The molecule has 0 aromatic heterocycles. The van der Waals surface area contributed by atoms with Crippen molar-refractivity contribution >= 4 is 17.5 Å². The summed E-state index contributed by atoms with van der Waals surface area (Å²) in [6, 6.07) is 16.6. The van der Waals surface area contributed by atoms with Crippen LogP contribution in [0.25, 0.3) is 0 Å². The van der Waals surface area contributed by atoms with E-state index >= 15 is 0 Å². The molecule has 0 spiro atoms. The number of phenolic OH excluding ortho intramolecular Hbond substituents is 1. The van der Waals surface area contributed by atoms with Gasteiger partial charge in [0.15, 0.2) is 5.78 Å². The lowest BCUT2D eigenvalue weighted by Gasteiger charge is -2.34. The molecule has 5 nitrogen and oxygen atoms in total. The van der Waals surface area contributed by atoms with Crippen LogP contribution >= 0.6 is 0 Å². The largest absolute Gasteiger partial charge is 0.508 e. The molecule has 0 saturated heterocycles. The van der Waals surface area contributed by atoms with Gasteiger partial charge in [-0.15, -0.1) is 0 Å². The quantitative estimate of drug-likeness (QED) is 0.753. The van der Waals surface area contributed by atoms with Gasteiger partial charge >= 0.3 is 5.97 Å². The van der Waals surface area contributed by atoms with E-state index in [0.29, 0.717) is 24.1 Å². The van der Waals surface area contributed by atoms with Gasteiger partial charge < -0.3 is 9.84 Å². The third-order valence-corrected chi connectivity index (χ3v) is 5.80. The van der Waals surface area contributed by atoms with Crippen molar-refractivity contribution in [1.29, 1.82) is 0 Å². The Hall–Kier alpha value is -3.21. The summed E-state index contributed by atoms with van der Waals surface area (Å²) in [4.78, 5) is 30.6. The van der Waals surface area contributed by atoms with Gasteiger partial charge in [0, 0.05) is 35.7 Å². The molecule has 0 amide bonds. The van der Waals surface area contributed by atoms with Crippen molar-refractivity contribution in [2.75, 3.05) is 6.61 Å². The number of esters is 1. The molecule has 0 bridgehead atoms. The summed E-state index contributed by atoms with van der Waals surface area (Å²) in [6.45, 7) is 2.08. The molecule has 4 rings (SSSR count). The number of Topliss-reactive ketones (excluding diaryl/α,β-unsaturated/α-hetero) is 1. The first-order chi connectivity index (χ1) is 14.5. The smallest absolute Gasteiger partial charge is 0.315 e.